The van der Waals surface area contributed by atoms with Gasteiger partial charge in [-0.05, 0) is 36.1 Å². The van der Waals surface area contributed by atoms with Gasteiger partial charge in [-0.2, -0.15) is 13.2 Å². The largest absolute Gasteiger partial charge is 0.418 e. The summed E-state index contributed by atoms with van der Waals surface area (Å²) in [4.78, 5) is 29.7. The van der Waals surface area contributed by atoms with Crippen molar-refractivity contribution in [3.8, 4) is 0 Å². The number of nitrogens with one attached hydrogen (secondary N) is 1. The topological polar surface area (TPSA) is 52.7 Å². The van der Waals surface area contributed by atoms with Crippen molar-refractivity contribution in [3.05, 3.63) is 64.5 Å². The van der Waals surface area contributed by atoms with Crippen LogP contribution in [0.5, 0.6) is 0 Å². The van der Waals surface area contributed by atoms with Gasteiger partial charge in [0.25, 0.3) is 5.91 Å². The first-order valence-electron chi connectivity index (χ1n) is 10.2. The summed E-state index contributed by atoms with van der Waals surface area (Å²) in [6.45, 7) is 3.79. The molecule has 168 valence electrons. The van der Waals surface area contributed by atoms with Crippen molar-refractivity contribution < 1.29 is 22.8 Å². The Bertz CT molecular complexity index is 1150. The molecule has 1 aliphatic rings. The molecule has 1 saturated heterocycles. The number of aryl methyl sites for hydroxylation is 1. The Morgan fingerprint density at radius 1 is 1.00 bits per heavy atom. The molecule has 0 atom stereocenters. The zero-order valence-electron chi connectivity index (χ0n) is 17.4. The lowest BCUT2D eigenvalue weighted by atomic mass is 10.1. The van der Waals surface area contributed by atoms with Crippen LogP contribution >= 0.6 is 11.3 Å². The van der Waals surface area contributed by atoms with Gasteiger partial charge in [0.15, 0.2) is 0 Å². The van der Waals surface area contributed by atoms with E-state index in [1.165, 1.54) is 29.5 Å². The average molecular weight is 462 g/mol. The summed E-state index contributed by atoms with van der Waals surface area (Å²) in [7, 11) is 0. The molecule has 2 aromatic carbocycles. The van der Waals surface area contributed by atoms with Gasteiger partial charge >= 0.3 is 6.18 Å². The van der Waals surface area contributed by atoms with Crippen LogP contribution < -0.4 is 5.32 Å². The lowest BCUT2D eigenvalue weighted by Crippen LogP contribution is -2.50. The Morgan fingerprint density at radius 3 is 2.34 bits per heavy atom. The van der Waals surface area contributed by atoms with E-state index in [9.17, 15) is 22.8 Å². The Morgan fingerprint density at radius 2 is 1.66 bits per heavy atom. The van der Waals surface area contributed by atoms with Gasteiger partial charge in [0, 0.05) is 30.9 Å². The third kappa shape index (κ3) is 4.63. The number of benzene rings is 2. The number of halogens is 3. The summed E-state index contributed by atoms with van der Waals surface area (Å²) in [6, 6.07) is 12.8. The minimum Gasteiger partial charge on any atom is -0.335 e. The summed E-state index contributed by atoms with van der Waals surface area (Å²) in [5, 5.41) is 3.45. The second-order valence-electron chi connectivity index (χ2n) is 7.71. The molecule has 2 amide bonds. The van der Waals surface area contributed by atoms with Crippen LogP contribution in [-0.4, -0.2) is 54.3 Å². The molecule has 0 aliphatic carbocycles. The van der Waals surface area contributed by atoms with Crippen molar-refractivity contribution in [2.24, 2.45) is 0 Å². The lowest BCUT2D eigenvalue weighted by molar-refractivity contribution is -0.137. The predicted molar refractivity (Wildman–Crippen MR) is 119 cm³/mol. The molecule has 2 heterocycles. The predicted octanol–water partition coefficient (Wildman–Crippen LogP) is 4.63. The fraction of sp³-hybridized carbons (Fsp3) is 0.304. The second-order valence-corrected chi connectivity index (χ2v) is 8.76. The Labute approximate surface area is 187 Å². The molecule has 1 aromatic heterocycles. The molecule has 4 rings (SSSR count). The van der Waals surface area contributed by atoms with Crippen molar-refractivity contribution in [2.75, 3.05) is 38.0 Å². The molecule has 1 N–H and O–H groups in total. The number of nitrogens with zero attached hydrogens (tertiary/aromatic N) is 2. The summed E-state index contributed by atoms with van der Waals surface area (Å²) < 4.78 is 40.4. The third-order valence-corrected chi connectivity index (χ3v) is 6.83. The van der Waals surface area contributed by atoms with Gasteiger partial charge in [-0.25, -0.2) is 0 Å². The molecular weight excluding hydrogens is 439 g/mol. The monoisotopic (exact) mass is 461 g/mol. The molecule has 0 bridgehead atoms. The van der Waals surface area contributed by atoms with Crippen LogP contribution in [0.2, 0.25) is 0 Å². The van der Waals surface area contributed by atoms with Crippen molar-refractivity contribution >= 4 is 38.9 Å². The van der Waals surface area contributed by atoms with Gasteiger partial charge in [0.1, 0.15) is 0 Å². The van der Waals surface area contributed by atoms with Crippen LogP contribution in [0, 0.1) is 6.92 Å². The van der Waals surface area contributed by atoms with Crippen molar-refractivity contribution in [2.45, 2.75) is 13.1 Å². The molecule has 1 fully saturated rings. The fourth-order valence-electron chi connectivity index (χ4n) is 3.86. The molecule has 0 saturated carbocycles. The second kappa shape index (κ2) is 8.91. The molecule has 5 nitrogen and oxygen atoms in total. The number of carbonyl (C=O) groups is 2. The normalized spacial score (nSPS) is 15.2. The lowest BCUT2D eigenvalue weighted by Gasteiger charge is -2.34. The molecule has 0 spiro atoms. The minimum atomic E-state index is -4.54. The van der Waals surface area contributed by atoms with Crippen molar-refractivity contribution in [1.82, 2.24) is 9.80 Å². The van der Waals surface area contributed by atoms with Gasteiger partial charge < -0.3 is 10.2 Å². The van der Waals surface area contributed by atoms with Crippen molar-refractivity contribution in [3.63, 3.8) is 0 Å². The number of para-hydroxylation sites is 1. The minimum absolute atomic E-state index is 0.0214. The molecular formula is C23H22F3N3O2S. The number of alkyl halides is 3. The van der Waals surface area contributed by atoms with E-state index in [-0.39, 0.29) is 18.1 Å². The van der Waals surface area contributed by atoms with Crippen LogP contribution in [-0.2, 0) is 11.0 Å². The van der Waals surface area contributed by atoms with E-state index in [1.807, 2.05) is 36.1 Å². The van der Waals surface area contributed by atoms with Crippen LogP contribution in [0.1, 0.15) is 20.8 Å². The highest BCUT2D eigenvalue weighted by molar-refractivity contribution is 7.21. The van der Waals surface area contributed by atoms with E-state index < -0.39 is 17.6 Å². The molecule has 9 heteroatoms. The number of rotatable bonds is 4. The van der Waals surface area contributed by atoms with Crippen molar-refractivity contribution in [1.29, 1.82) is 0 Å². The number of piperazine rings is 1. The van der Waals surface area contributed by atoms with E-state index >= 15 is 0 Å². The first-order valence-corrected chi connectivity index (χ1v) is 11.0. The summed E-state index contributed by atoms with van der Waals surface area (Å²) >= 11 is 1.48. The van der Waals surface area contributed by atoms with E-state index in [0.717, 1.165) is 26.6 Å². The van der Waals surface area contributed by atoms with Gasteiger partial charge in [-0.1, -0.05) is 30.3 Å². The highest BCUT2D eigenvalue weighted by atomic mass is 32.1. The summed E-state index contributed by atoms with van der Waals surface area (Å²) in [5.41, 5.74) is -0.151. The van der Waals surface area contributed by atoms with Crippen LogP contribution in [0.25, 0.3) is 10.1 Å². The van der Waals surface area contributed by atoms with Gasteiger partial charge in [-0.3, -0.25) is 14.5 Å². The smallest absolute Gasteiger partial charge is 0.335 e. The number of amides is 2. The van der Waals surface area contributed by atoms with Gasteiger partial charge in [0.2, 0.25) is 5.91 Å². The number of carbonyl (C=O) groups excluding carboxylic acids is 2. The molecule has 3 aromatic rings. The zero-order valence-corrected chi connectivity index (χ0v) is 18.2. The molecule has 1 aliphatic heterocycles. The molecule has 0 radical (unpaired) electrons. The number of fused-ring (bicyclic) bond motifs is 1. The Balaban J connectivity index is 1.35. The fourth-order valence-corrected chi connectivity index (χ4v) is 5.04. The maximum Gasteiger partial charge on any atom is 0.418 e. The van der Waals surface area contributed by atoms with E-state index in [2.05, 4.69) is 5.32 Å². The van der Waals surface area contributed by atoms with Crippen LogP contribution in [0.4, 0.5) is 18.9 Å². The first kappa shape index (κ1) is 22.3. The van der Waals surface area contributed by atoms with E-state index in [4.69, 9.17) is 0 Å². The Hall–Kier alpha value is -2.91. The quantitative estimate of drug-likeness (QED) is 0.617. The average Bonchev–Trinajstić information content (AvgIpc) is 3.10. The number of hydrogen-bond acceptors (Lipinski definition) is 4. The highest BCUT2D eigenvalue weighted by Crippen LogP contribution is 2.34. The maximum absolute atomic E-state index is 13.1. The maximum atomic E-state index is 13.1. The van der Waals surface area contributed by atoms with Gasteiger partial charge in [0.05, 0.1) is 22.7 Å². The number of thiophene rings is 1. The molecule has 0 unspecified atom stereocenters. The van der Waals surface area contributed by atoms with E-state index in [0.29, 0.717) is 26.2 Å². The first-order chi connectivity index (χ1) is 15.2. The third-order valence-electron chi connectivity index (χ3n) is 5.57. The van der Waals surface area contributed by atoms with E-state index in [1.54, 1.807) is 4.90 Å². The van der Waals surface area contributed by atoms with Crippen LogP contribution in [0.15, 0.2) is 48.5 Å². The van der Waals surface area contributed by atoms with Crippen LogP contribution in [0.3, 0.4) is 0 Å². The standard InChI is InChI=1S/C23H22F3N3O2S/c1-15-16-6-2-5-9-19(16)32-21(15)22(31)29-12-10-28(11-13-29)14-20(30)27-18-8-4-3-7-17(18)23(24,25)26/h2-9H,10-14H2,1H3,(H,27,30). The highest BCUT2D eigenvalue weighted by Gasteiger charge is 2.34. The zero-order chi connectivity index (χ0) is 22.9. The van der Waals surface area contributed by atoms with Gasteiger partial charge in [-0.15, -0.1) is 11.3 Å². The summed E-state index contributed by atoms with van der Waals surface area (Å²) in [6.07, 6.45) is -4.54. The summed E-state index contributed by atoms with van der Waals surface area (Å²) in [5.74, 6) is -0.534. The Kier molecular flexibility index (Phi) is 6.21. The number of anilines is 1. The SMILES string of the molecule is Cc1c(C(=O)N2CCN(CC(=O)Nc3ccccc3C(F)(F)F)CC2)sc2ccccc12. The number of hydrogen-bond donors (Lipinski definition) is 1. The molecule has 32 heavy (non-hydrogen) atoms.